The Hall–Kier alpha value is -1.27. The number of hydrogen-bond donors (Lipinski definition) is 1. The summed E-state index contributed by atoms with van der Waals surface area (Å²) in [5.74, 6) is -0.382. The van der Waals surface area contributed by atoms with Gasteiger partial charge >= 0.3 is 5.97 Å². The van der Waals surface area contributed by atoms with E-state index in [9.17, 15) is 9.59 Å². The van der Waals surface area contributed by atoms with Gasteiger partial charge in [0.1, 0.15) is 5.78 Å². The molecular formula is C19H27NO3S2. The van der Waals surface area contributed by atoms with Crippen molar-refractivity contribution in [2.45, 2.75) is 70.3 Å². The lowest BCUT2D eigenvalue weighted by Crippen LogP contribution is -2.51. The van der Waals surface area contributed by atoms with Gasteiger partial charge in [-0.05, 0) is 37.1 Å². The molecule has 1 fully saturated rings. The minimum atomic E-state index is -0.711. The van der Waals surface area contributed by atoms with E-state index in [2.05, 4.69) is 4.90 Å². The van der Waals surface area contributed by atoms with Gasteiger partial charge in [0.25, 0.3) is 0 Å². The molecule has 1 aliphatic rings. The first-order chi connectivity index (χ1) is 12.1. The second kappa shape index (κ2) is 10.7. The fourth-order valence-corrected chi connectivity index (χ4v) is 4.39. The molecule has 0 aliphatic carbocycles. The Morgan fingerprint density at radius 3 is 2.68 bits per heavy atom. The fourth-order valence-electron chi connectivity index (χ4n) is 3.23. The van der Waals surface area contributed by atoms with Crippen molar-refractivity contribution >= 4 is 40.3 Å². The number of nitrogens with zero attached hydrogens (tertiary/aromatic N) is 1. The van der Waals surface area contributed by atoms with Gasteiger partial charge in [0.15, 0.2) is 0 Å². The summed E-state index contributed by atoms with van der Waals surface area (Å²) < 4.78 is 0. The van der Waals surface area contributed by atoms with E-state index in [-0.39, 0.29) is 6.42 Å². The zero-order valence-electron chi connectivity index (χ0n) is 14.6. The van der Waals surface area contributed by atoms with Crippen molar-refractivity contribution in [2.75, 3.05) is 6.54 Å². The number of carbonyl (C=O) groups excluding carboxylic acids is 1. The van der Waals surface area contributed by atoms with Crippen LogP contribution in [0.2, 0.25) is 0 Å². The molecule has 1 aromatic rings. The molecule has 0 spiro atoms. The van der Waals surface area contributed by atoms with E-state index in [0.29, 0.717) is 24.7 Å². The molecule has 2 rings (SSSR count). The molecule has 25 heavy (non-hydrogen) atoms. The largest absolute Gasteiger partial charge is 0.481 e. The van der Waals surface area contributed by atoms with Gasteiger partial charge in [0.2, 0.25) is 0 Å². The third-order valence-corrected chi connectivity index (χ3v) is 5.93. The minimum Gasteiger partial charge on any atom is -0.481 e. The second-order valence-electron chi connectivity index (χ2n) is 6.69. The summed E-state index contributed by atoms with van der Waals surface area (Å²) >= 11 is 7.02. The number of hydrogen-bond acceptors (Lipinski definition) is 4. The number of Topliss-reactive ketones (excluding diaryl/α,β-unsaturated/α-hetero) is 1. The lowest BCUT2D eigenvalue weighted by Gasteiger charge is -2.43. The van der Waals surface area contributed by atoms with Gasteiger partial charge in [-0.25, -0.2) is 0 Å². The van der Waals surface area contributed by atoms with E-state index in [1.165, 1.54) is 0 Å². The van der Waals surface area contributed by atoms with Crippen LogP contribution in [-0.2, 0) is 16.0 Å². The van der Waals surface area contributed by atoms with Crippen LogP contribution >= 0.6 is 23.6 Å². The average molecular weight is 382 g/mol. The van der Waals surface area contributed by atoms with Crippen molar-refractivity contribution in [2.24, 2.45) is 0 Å². The van der Waals surface area contributed by atoms with E-state index in [1.807, 2.05) is 17.5 Å². The standard InChI is InChI=1S/C19H27NO3S2/c21-16(14-17-9-6-12-25-17)8-5-7-15-13-18(24)20(15)11-4-2-1-3-10-19(22)23/h6,9,12,15H,1-5,7-8,10-11,13-14H2,(H,22,23)/t15-/m0/s1. The van der Waals surface area contributed by atoms with Crippen molar-refractivity contribution in [1.29, 1.82) is 0 Å². The molecule has 138 valence electrons. The molecule has 4 nitrogen and oxygen atoms in total. The average Bonchev–Trinajstić information content (AvgIpc) is 3.05. The van der Waals surface area contributed by atoms with Crippen LogP contribution in [0.25, 0.3) is 0 Å². The summed E-state index contributed by atoms with van der Waals surface area (Å²) in [6.07, 6.45) is 8.29. The predicted octanol–water partition coefficient (Wildman–Crippen LogP) is 4.47. The maximum atomic E-state index is 12.0. The first-order valence-electron chi connectivity index (χ1n) is 9.11. The normalized spacial score (nSPS) is 16.7. The molecule has 0 aromatic carbocycles. The van der Waals surface area contributed by atoms with Gasteiger partial charge in [0, 0.05) is 43.1 Å². The zero-order chi connectivity index (χ0) is 18.1. The van der Waals surface area contributed by atoms with Gasteiger partial charge in [-0.15, -0.1) is 11.3 Å². The number of ketones is 1. The van der Waals surface area contributed by atoms with Crippen LogP contribution in [0.4, 0.5) is 0 Å². The first-order valence-corrected chi connectivity index (χ1v) is 10.4. The van der Waals surface area contributed by atoms with Gasteiger partial charge < -0.3 is 10.0 Å². The highest BCUT2D eigenvalue weighted by atomic mass is 32.1. The van der Waals surface area contributed by atoms with Crippen molar-refractivity contribution in [3.63, 3.8) is 0 Å². The number of rotatable bonds is 13. The number of thiophene rings is 1. The van der Waals surface area contributed by atoms with Crippen LogP contribution in [0.15, 0.2) is 17.5 Å². The molecule has 6 heteroatoms. The summed E-state index contributed by atoms with van der Waals surface area (Å²) in [4.78, 5) is 27.0. The molecule has 1 aliphatic heterocycles. The Morgan fingerprint density at radius 2 is 2.00 bits per heavy atom. The van der Waals surface area contributed by atoms with Gasteiger partial charge in [0.05, 0.1) is 4.99 Å². The number of carboxylic acids is 1. The number of thiocarbonyl (C=S) groups is 1. The fraction of sp³-hybridized carbons (Fsp3) is 0.632. The summed E-state index contributed by atoms with van der Waals surface area (Å²) in [7, 11) is 0. The van der Waals surface area contributed by atoms with Crippen molar-refractivity contribution < 1.29 is 14.7 Å². The minimum absolute atomic E-state index is 0.268. The van der Waals surface area contributed by atoms with Crippen molar-refractivity contribution in [3.8, 4) is 0 Å². The van der Waals surface area contributed by atoms with Crippen LogP contribution in [-0.4, -0.2) is 39.3 Å². The van der Waals surface area contributed by atoms with Crippen LogP contribution in [0, 0.1) is 0 Å². The monoisotopic (exact) mass is 381 g/mol. The lowest BCUT2D eigenvalue weighted by atomic mass is 9.95. The van der Waals surface area contributed by atoms with E-state index >= 15 is 0 Å². The van der Waals surface area contributed by atoms with Crippen molar-refractivity contribution in [3.05, 3.63) is 22.4 Å². The highest BCUT2D eigenvalue weighted by Gasteiger charge is 2.31. The van der Waals surface area contributed by atoms with Crippen LogP contribution in [0.5, 0.6) is 0 Å². The predicted molar refractivity (Wildman–Crippen MR) is 105 cm³/mol. The highest BCUT2D eigenvalue weighted by molar-refractivity contribution is 7.80. The number of likely N-dealkylation sites (tertiary alicyclic amines) is 1. The Morgan fingerprint density at radius 1 is 1.20 bits per heavy atom. The van der Waals surface area contributed by atoms with Gasteiger partial charge in [-0.2, -0.15) is 0 Å². The summed E-state index contributed by atoms with van der Waals surface area (Å²) in [6.45, 7) is 0.972. The quantitative estimate of drug-likeness (QED) is 0.404. The molecule has 0 bridgehead atoms. The Kier molecular flexibility index (Phi) is 8.55. The molecule has 0 saturated carbocycles. The summed E-state index contributed by atoms with van der Waals surface area (Å²) in [5.41, 5.74) is 0. The topological polar surface area (TPSA) is 57.6 Å². The molecule has 1 atom stereocenters. The molecule has 0 radical (unpaired) electrons. The lowest BCUT2D eigenvalue weighted by molar-refractivity contribution is -0.137. The second-order valence-corrected chi connectivity index (χ2v) is 8.19. The number of carboxylic acid groups (broad SMARTS) is 1. The zero-order valence-corrected chi connectivity index (χ0v) is 16.2. The van der Waals surface area contributed by atoms with E-state index in [4.69, 9.17) is 17.3 Å². The Labute approximate surface area is 159 Å². The summed E-state index contributed by atoms with van der Waals surface area (Å²) in [5, 5.41) is 10.6. The van der Waals surface area contributed by atoms with Crippen LogP contribution in [0.1, 0.15) is 62.7 Å². The van der Waals surface area contributed by atoms with E-state index < -0.39 is 5.97 Å². The summed E-state index contributed by atoms with van der Waals surface area (Å²) in [6, 6.07) is 4.51. The molecule has 1 N–H and O–H groups in total. The number of carbonyl (C=O) groups is 2. The number of aliphatic carboxylic acids is 1. The highest BCUT2D eigenvalue weighted by Crippen LogP contribution is 2.26. The third-order valence-electron chi connectivity index (χ3n) is 4.66. The molecular weight excluding hydrogens is 354 g/mol. The Bertz CT molecular complexity index is 571. The van der Waals surface area contributed by atoms with Crippen molar-refractivity contribution in [1.82, 2.24) is 4.90 Å². The SMILES string of the molecule is O=C(O)CCCCCCN1C(=S)C[C@@H]1CCCC(=O)Cc1cccs1. The maximum absolute atomic E-state index is 12.0. The molecule has 2 heterocycles. The molecule has 1 aromatic heterocycles. The Balaban J connectivity index is 1.55. The molecule has 1 saturated heterocycles. The molecule has 0 unspecified atom stereocenters. The molecule has 0 amide bonds. The van der Waals surface area contributed by atoms with E-state index in [1.54, 1.807) is 11.3 Å². The number of unbranched alkanes of at least 4 members (excludes halogenated alkanes) is 3. The van der Waals surface area contributed by atoms with Crippen LogP contribution in [0.3, 0.4) is 0 Å². The van der Waals surface area contributed by atoms with Gasteiger partial charge in [-0.3, -0.25) is 9.59 Å². The third kappa shape index (κ3) is 7.24. The van der Waals surface area contributed by atoms with Gasteiger partial charge in [-0.1, -0.05) is 31.1 Å². The smallest absolute Gasteiger partial charge is 0.303 e. The first kappa shape index (κ1) is 20.0. The van der Waals surface area contributed by atoms with Crippen LogP contribution < -0.4 is 0 Å². The maximum Gasteiger partial charge on any atom is 0.303 e. The van der Waals surface area contributed by atoms with E-state index in [0.717, 1.165) is 61.4 Å².